The predicted molar refractivity (Wildman–Crippen MR) is 99.6 cm³/mol. The zero-order valence-corrected chi connectivity index (χ0v) is 19.5. The molecule has 0 spiro atoms. The number of hydrogen-bond acceptors (Lipinski definition) is 0. The molecule has 0 heterocycles. The van der Waals surface area contributed by atoms with Crippen molar-refractivity contribution < 1.29 is 23.2 Å². The maximum absolute atomic E-state index is 2.43. The molecule has 2 rings (SSSR count). The van der Waals surface area contributed by atoms with Crippen molar-refractivity contribution in [2.24, 2.45) is 11.3 Å². The van der Waals surface area contributed by atoms with Crippen molar-refractivity contribution >= 4 is 24.8 Å². The second kappa shape index (κ2) is 7.54. The SMILES string of the molecule is CC1=C(C)C(C)[C]([Zr][C]2=C(C)C(C)=C(C)C2(C)C)=C1C.Cl.Cl. The molecule has 0 amide bonds. The minimum atomic E-state index is -0.666. The van der Waals surface area contributed by atoms with Gasteiger partial charge in [0, 0.05) is 0 Å². The topological polar surface area (TPSA) is 0 Å². The van der Waals surface area contributed by atoms with E-state index in [1.165, 1.54) is 0 Å². The maximum Gasteiger partial charge on any atom is -0.147 e. The summed E-state index contributed by atoms with van der Waals surface area (Å²) in [6.07, 6.45) is 0. The molecule has 0 aliphatic heterocycles. The Hall–Kier alpha value is 0.423. The number of halogens is 2. The summed E-state index contributed by atoms with van der Waals surface area (Å²) < 4.78 is 3.62. The van der Waals surface area contributed by atoms with Crippen LogP contribution in [0.1, 0.15) is 62.3 Å². The van der Waals surface area contributed by atoms with E-state index in [4.69, 9.17) is 0 Å². The van der Waals surface area contributed by atoms with E-state index < -0.39 is 23.2 Å². The smallest absolute Gasteiger partial charge is 0.147 e. The molecule has 0 fully saturated rings. The minimum absolute atomic E-state index is 0. The van der Waals surface area contributed by atoms with E-state index in [9.17, 15) is 0 Å². The van der Waals surface area contributed by atoms with Crippen LogP contribution in [0.15, 0.2) is 40.0 Å². The van der Waals surface area contributed by atoms with E-state index in [-0.39, 0.29) is 24.8 Å². The van der Waals surface area contributed by atoms with Gasteiger partial charge in [0.2, 0.25) is 0 Å². The van der Waals surface area contributed by atoms with Gasteiger partial charge in [-0.3, -0.25) is 0 Å². The number of allylic oxidation sites excluding steroid dienone is 8. The fraction of sp³-hybridized carbons (Fsp3) is 0.579. The van der Waals surface area contributed by atoms with Crippen LogP contribution in [0.5, 0.6) is 0 Å². The Labute approximate surface area is 161 Å². The Morgan fingerprint density at radius 2 is 1.27 bits per heavy atom. The minimum Gasteiger partial charge on any atom is -0.147 e. The van der Waals surface area contributed by atoms with Crippen molar-refractivity contribution in [1.29, 1.82) is 0 Å². The first-order valence-corrected chi connectivity index (χ1v) is 10.1. The number of rotatable bonds is 2. The monoisotopic (exact) mass is 418 g/mol. The van der Waals surface area contributed by atoms with Gasteiger partial charge < -0.3 is 0 Å². The first kappa shape index (κ1) is 22.4. The molecule has 0 aromatic rings. The van der Waals surface area contributed by atoms with Crippen LogP contribution in [-0.2, 0) is 23.2 Å². The average molecular weight is 421 g/mol. The largest absolute Gasteiger partial charge is 0.147 e. The van der Waals surface area contributed by atoms with Crippen molar-refractivity contribution in [2.45, 2.75) is 62.3 Å². The molecule has 2 aliphatic rings. The van der Waals surface area contributed by atoms with Crippen LogP contribution < -0.4 is 0 Å². The molecule has 0 radical (unpaired) electrons. The van der Waals surface area contributed by atoms with Gasteiger partial charge in [-0.1, -0.05) is 0 Å². The zero-order valence-electron chi connectivity index (χ0n) is 15.4. The summed E-state index contributed by atoms with van der Waals surface area (Å²) >= 11 is -0.666. The van der Waals surface area contributed by atoms with Crippen molar-refractivity contribution in [3.05, 3.63) is 40.0 Å². The van der Waals surface area contributed by atoms with E-state index in [1.54, 1.807) is 36.7 Å². The third kappa shape index (κ3) is 3.29. The van der Waals surface area contributed by atoms with Crippen molar-refractivity contribution in [2.75, 3.05) is 0 Å². The third-order valence-corrected chi connectivity index (χ3v) is 11.7. The first-order valence-electron chi connectivity index (χ1n) is 7.65. The standard InChI is InChI=1S/C10H15.C9H13.2ClH.Zr/c1-7-6-10(4,5)9(3)8(7)2;1-6-5-7(2)9(4)8(6)3;;;/h1-5H3;6H,1-4H3;2*1H;. The molecule has 124 valence electrons. The molecule has 2 aliphatic carbocycles. The van der Waals surface area contributed by atoms with Gasteiger partial charge in [0.1, 0.15) is 0 Å². The zero-order chi connectivity index (χ0) is 15.4. The molecule has 0 bridgehead atoms. The molecular formula is C19H30Cl2Zr. The van der Waals surface area contributed by atoms with E-state index in [1.807, 2.05) is 3.28 Å². The van der Waals surface area contributed by atoms with Gasteiger partial charge in [-0.15, -0.1) is 24.8 Å². The van der Waals surface area contributed by atoms with Gasteiger partial charge in [0.15, 0.2) is 0 Å². The summed E-state index contributed by atoms with van der Waals surface area (Å²) in [7, 11) is 0. The molecule has 0 aromatic carbocycles. The molecule has 1 atom stereocenters. The van der Waals surface area contributed by atoms with Crippen LogP contribution in [0.25, 0.3) is 0 Å². The predicted octanol–water partition coefficient (Wildman–Crippen LogP) is 6.82. The second-order valence-electron chi connectivity index (χ2n) is 7.07. The summed E-state index contributed by atoms with van der Waals surface area (Å²) in [5.74, 6) is 0.693. The quantitative estimate of drug-likeness (QED) is 0.460. The van der Waals surface area contributed by atoms with Crippen molar-refractivity contribution in [1.82, 2.24) is 0 Å². The van der Waals surface area contributed by atoms with Gasteiger partial charge in [0.05, 0.1) is 0 Å². The van der Waals surface area contributed by atoms with Gasteiger partial charge in [-0.25, -0.2) is 0 Å². The molecular weight excluding hydrogens is 390 g/mol. The van der Waals surface area contributed by atoms with Crippen LogP contribution in [0.2, 0.25) is 0 Å². The summed E-state index contributed by atoms with van der Waals surface area (Å²) in [6, 6.07) is 0. The fourth-order valence-electron chi connectivity index (χ4n) is 3.54. The summed E-state index contributed by atoms with van der Waals surface area (Å²) in [5, 5.41) is 0. The third-order valence-electron chi connectivity index (χ3n) is 5.96. The normalized spacial score (nSPS) is 24.0. The van der Waals surface area contributed by atoms with Gasteiger partial charge in [-0.05, 0) is 0 Å². The molecule has 1 unspecified atom stereocenters. The molecule has 22 heavy (non-hydrogen) atoms. The van der Waals surface area contributed by atoms with Crippen LogP contribution in [0.4, 0.5) is 0 Å². The van der Waals surface area contributed by atoms with E-state index in [0.717, 1.165) is 0 Å². The van der Waals surface area contributed by atoms with Crippen LogP contribution in [-0.4, -0.2) is 0 Å². The van der Waals surface area contributed by atoms with Crippen LogP contribution >= 0.6 is 24.8 Å². The Kier molecular flexibility index (Phi) is 7.69. The van der Waals surface area contributed by atoms with E-state index >= 15 is 0 Å². The fourth-order valence-corrected chi connectivity index (χ4v) is 8.34. The Balaban J connectivity index is 0.00000220. The van der Waals surface area contributed by atoms with Crippen molar-refractivity contribution in [3.8, 4) is 0 Å². The van der Waals surface area contributed by atoms with E-state index in [0.29, 0.717) is 11.3 Å². The summed E-state index contributed by atoms with van der Waals surface area (Å²) in [5.41, 5.74) is 9.83. The second-order valence-corrected chi connectivity index (χ2v) is 10.2. The first-order chi connectivity index (χ1) is 9.10. The average Bonchev–Trinajstić information content (AvgIpc) is 2.66. The van der Waals surface area contributed by atoms with Gasteiger partial charge >= 0.3 is 137 Å². The van der Waals surface area contributed by atoms with Crippen LogP contribution in [0.3, 0.4) is 0 Å². The molecule has 0 nitrogen and oxygen atoms in total. The molecule has 0 aromatic heterocycles. The molecule has 0 saturated heterocycles. The van der Waals surface area contributed by atoms with Gasteiger partial charge in [0.25, 0.3) is 0 Å². The Bertz CT molecular complexity index is 601. The molecule has 0 N–H and O–H groups in total. The van der Waals surface area contributed by atoms with Gasteiger partial charge in [-0.2, -0.15) is 0 Å². The maximum atomic E-state index is 2.43. The van der Waals surface area contributed by atoms with Crippen molar-refractivity contribution in [3.63, 3.8) is 0 Å². The molecule has 3 heteroatoms. The van der Waals surface area contributed by atoms with E-state index in [2.05, 4.69) is 62.3 Å². The summed E-state index contributed by atoms with van der Waals surface area (Å²) in [6.45, 7) is 21.3. The summed E-state index contributed by atoms with van der Waals surface area (Å²) in [4.78, 5) is 0. The Morgan fingerprint density at radius 3 is 1.59 bits per heavy atom. The Morgan fingerprint density at radius 1 is 0.773 bits per heavy atom. The van der Waals surface area contributed by atoms with Crippen LogP contribution in [0, 0.1) is 11.3 Å². The number of hydrogen-bond donors (Lipinski definition) is 0. The molecule has 0 saturated carbocycles.